The van der Waals surface area contributed by atoms with Crippen LogP contribution in [0, 0.1) is 0 Å². The molecule has 0 aliphatic heterocycles. The molecule has 0 amide bonds. The van der Waals surface area contributed by atoms with Gasteiger partial charge in [0.05, 0.1) is 11.1 Å². The fraction of sp³-hybridized carbons (Fsp3) is 0.200. The molecule has 0 heterocycles. The SMILES string of the molecule is CCO.O=Cc1cc(O)c(C=O)cc1O. The van der Waals surface area contributed by atoms with E-state index in [0.717, 1.165) is 12.1 Å². The summed E-state index contributed by atoms with van der Waals surface area (Å²) in [5.74, 6) is -0.630. The van der Waals surface area contributed by atoms with E-state index in [1.807, 2.05) is 0 Å². The average molecular weight is 212 g/mol. The van der Waals surface area contributed by atoms with Gasteiger partial charge < -0.3 is 15.3 Å². The number of rotatable bonds is 2. The second-order valence-electron chi connectivity index (χ2n) is 2.52. The molecule has 82 valence electrons. The van der Waals surface area contributed by atoms with Crippen molar-refractivity contribution in [2.75, 3.05) is 6.61 Å². The molecule has 1 rings (SSSR count). The number of carbonyl (C=O) groups is 2. The van der Waals surface area contributed by atoms with E-state index in [9.17, 15) is 9.59 Å². The van der Waals surface area contributed by atoms with E-state index in [1.165, 1.54) is 0 Å². The Morgan fingerprint density at radius 2 is 1.33 bits per heavy atom. The highest BCUT2D eigenvalue weighted by molar-refractivity contribution is 5.86. The van der Waals surface area contributed by atoms with E-state index in [4.69, 9.17) is 15.3 Å². The van der Waals surface area contributed by atoms with Crippen molar-refractivity contribution >= 4 is 12.6 Å². The number of hydrogen-bond donors (Lipinski definition) is 3. The number of hydrogen-bond acceptors (Lipinski definition) is 5. The summed E-state index contributed by atoms with van der Waals surface area (Å²) in [6.07, 6.45) is 0.785. The second kappa shape index (κ2) is 6.56. The third-order valence-corrected chi connectivity index (χ3v) is 1.43. The van der Waals surface area contributed by atoms with Crippen LogP contribution in [-0.2, 0) is 0 Å². The Bertz CT molecular complexity index is 312. The summed E-state index contributed by atoms with van der Waals surface area (Å²) in [5, 5.41) is 25.7. The van der Waals surface area contributed by atoms with Gasteiger partial charge in [0.1, 0.15) is 11.5 Å². The maximum Gasteiger partial charge on any atom is 0.153 e. The lowest BCUT2D eigenvalue weighted by molar-refractivity contribution is 0.110. The second-order valence-corrected chi connectivity index (χ2v) is 2.52. The first kappa shape index (κ1) is 13.1. The smallest absolute Gasteiger partial charge is 0.153 e. The molecule has 15 heavy (non-hydrogen) atoms. The van der Waals surface area contributed by atoms with Crippen molar-refractivity contribution in [2.24, 2.45) is 0 Å². The first-order valence-electron chi connectivity index (χ1n) is 4.17. The number of phenols is 2. The Hall–Kier alpha value is -1.88. The van der Waals surface area contributed by atoms with Crippen molar-refractivity contribution in [1.29, 1.82) is 0 Å². The molecule has 5 heteroatoms. The van der Waals surface area contributed by atoms with Gasteiger partial charge in [-0.3, -0.25) is 9.59 Å². The van der Waals surface area contributed by atoms with Gasteiger partial charge in [0.2, 0.25) is 0 Å². The number of phenolic OH excluding ortho intramolecular Hbond substituents is 2. The lowest BCUT2D eigenvalue weighted by atomic mass is 10.1. The van der Waals surface area contributed by atoms with Gasteiger partial charge in [-0.2, -0.15) is 0 Å². The zero-order chi connectivity index (χ0) is 11.8. The van der Waals surface area contributed by atoms with Crippen LogP contribution in [0.5, 0.6) is 11.5 Å². The molecule has 0 atom stereocenters. The van der Waals surface area contributed by atoms with Gasteiger partial charge in [-0.1, -0.05) is 0 Å². The summed E-state index contributed by atoms with van der Waals surface area (Å²) in [5.41, 5.74) is -0.0869. The van der Waals surface area contributed by atoms with Crippen LogP contribution in [0.4, 0.5) is 0 Å². The predicted molar refractivity (Wildman–Crippen MR) is 53.3 cm³/mol. The van der Waals surface area contributed by atoms with E-state index in [1.54, 1.807) is 6.92 Å². The summed E-state index contributed by atoms with van der Waals surface area (Å²) < 4.78 is 0. The Balaban J connectivity index is 0.000000583. The van der Waals surface area contributed by atoms with Gasteiger partial charge in [0.15, 0.2) is 12.6 Å². The molecule has 5 nitrogen and oxygen atoms in total. The van der Waals surface area contributed by atoms with Crippen LogP contribution in [0.1, 0.15) is 27.6 Å². The standard InChI is InChI=1S/C8H6O4.C2H6O/c9-3-5-1-7(11)6(4-10)2-8(5)12;1-2-3/h1-4,11-12H;3H,2H2,1H3. The lowest BCUT2D eigenvalue weighted by Crippen LogP contribution is -1.86. The number of aldehydes is 2. The first-order valence-corrected chi connectivity index (χ1v) is 4.17. The average Bonchev–Trinajstić information content (AvgIpc) is 2.22. The Morgan fingerprint density at radius 1 is 1.07 bits per heavy atom. The predicted octanol–water partition coefficient (Wildman–Crippen LogP) is 0.721. The normalized spacial score (nSPS) is 8.67. The molecule has 0 fully saturated rings. The van der Waals surface area contributed by atoms with Crippen LogP contribution in [0.2, 0.25) is 0 Å². The summed E-state index contributed by atoms with van der Waals surface area (Å²) in [7, 11) is 0. The topological polar surface area (TPSA) is 94.8 Å². The molecule has 0 radical (unpaired) electrons. The monoisotopic (exact) mass is 212 g/mol. The van der Waals surface area contributed by atoms with Crippen molar-refractivity contribution in [3.05, 3.63) is 23.3 Å². The largest absolute Gasteiger partial charge is 0.507 e. The van der Waals surface area contributed by atoms with Crippen molar-refractivity contribution in [1.82, 2.24) is 0 Å². The molecule has 0 bridgehead atoms. The fourth-order valence-corrected chi connectivity index (χ4v) is 0.798. The number of aliphatic hydroxyl groups is 1. The highest BCUT2D eigenvalue weighted by Gasteiger charge is 2.06. The molecule has 0 spiro atoms. The fourth-order valence-electron chi connectivity index (χ4n) is 0.798. The third kappa shape index (κ3) is 3.78. The van der Waals surface area contributed by atoms with E-state index < -0.39 is 0 Å². The van der Waals surface area contributed by atoms with Gasteiger partial charge >= 0.3 is 0 Å². The summed E-state index contributed by atoms with van der Waals surface area (Å²) >= 11 is 0. The Labute approximate surface area is 86.6 Å². The van der Waals surface area contributed by atoms with Gasteiger partial charge in [-0.25, -0.2) is 0 Å². The maximum absolute atomic E-state index is 10.2. The summed E-state index contributed by atoms with van der Waals surface area (Å²) in [6.45, 7) is 1.93. The molecule has 1 aromatic rings. The number of aliphatic hydroxyl groups excluding tert-OH is 1. The molecule has 3 N–H and O–H groups in total. The van der Waals surface area contributed by atoms with Crippen LogP contribution in [-0.4, -0.2) is 34.5 Å². The van der Waals surface area contributed by atoms with Crippen LogP contribution >= 0.6 is 0 Å². The first-order chi connectivity index (χ1) is 7.10. The van der Waals surface area contributed by atoms with Crippen LogP contribution in [0.3, 0.4) is 0 Å². The molecule has 0 saturated carbocycles. The Morgan fingerprint density at radius 3 is 1.53 bits per heavy atom. The zero-order valence-electron chi connectivity index (χ0n) is 8.17. The van der Waals surface area contributed by atoms with Crippen LogP contribution in [0.15, 0.2) is 12.1 Å². The van der Waals surface area contributed by atoms with Gasteiger partial charge in [0, 0.05) is 6.61 Å². The Kier molecular flexibility index (Phi) is 5.73. The van der Waals surface area contributed by atoms with Gasteiger partial charge in [-0.15, -0.1) is 0 Å². The molecular weight excluding hydrogens is 200 g/mol. The molecule has 0 aromatic heterocycles. The van der Waals surface area contributed by atoms with Crippen molar-refractivity contribution in [3.8, 4) is 11.5 Å². The van der Waals surface area contributed by atoms with Crippen molar-refractivity contribution in [3.63, 3.8) is 0 Å². The van der Waals surface area contributed by atoms with Gasteiger partial charge in [-0.05, 0) is 19.1 Å². The molecule has 0 aliphatic carbocycles. The van der Waals surface area contributed by atoms with E-state index >= 15 is 0 Å². The highest BCUT2D eigenvalue weighted by atomic mass is 16.3. The molecular formula is C10H12O5. The summed E-state index contributed by atoms with van der Waals surface area (Å²) in [4.78, 5) is 20.4. The lowest BCUT2D eigenvalue weighted by Gasteiger charge is -2.00. The minimum Gasteiger partial charge on any atom is -0.507 e. The quantitative estimate of drug-likeness (QED) is 0.496. The van der Waals surface area contributed by atoms with E-state index in [0.29, 0.717) is 12.6 Å². The van der Waals surface area contributed by atoms with Crippen LogP contribution in [0.25, 0.3) is 0 Å². The molecule has 1 aromatic carbocycles. The molecule has 0 saturated heterocycles. The van der Waals surface area contributed by atoms with Gasteiger partial charge in [0.25, 0.3) is 0 Å². The molecule has 0 unspecified atom stereocenters. The third-order valence-electron chi connectivity index (χ3n) is 1.43. The zero-order valence-corrected chi connectivity index (χ0v) is 8.17. The number of benzene rings is 1. The minimum absolute atomic E-state index is 0.0434. The summed E-state index contributed by atoms with van der Waals surface area (Å²) in [6, 6.07) is 2.07. The van der Waals surface area contributed by atoms with Crippen molar-refractivity contribution in [2.45, 2.75) is 6.92 Å². The van der Waals surface area contributed by atoms with E-state index in [-0.39, 0.29) is 29.2 Å². The molecule has 0 aliphatic rings. The number of aromatic hydroxyl groups is 2. The van der Waals surface area contributed by atoms with E-state index in [2.05, 4.69) is 0 Å². The minimum atomic E-state index is -0.315. The number of carbonyl (C=O) groups excluding carboxylic acids is 2. The van der Waals surface area contributed by atoms with Crippen molar-refractivity contribution < 1.29 is 24.9 Å². The maximum atomic E-state index is 10.2. The highest BCUT2D eigenvalue weighted by Crippen LogP contribution is 2.24. The van der Waals surface area contributed by atoms with Crippen LogP contribution < -0.4 is 0 Å².